The highest BCUT2D eigenvalue weighted by Crippen LogP contribution is 2.33. The van der Waals surface area contributed by atoms with Crippen LogP contribution >= 0.6 is 0 Å². The Hall–Kier alpha value is -2.17. The van der Waals surface area contributed by atoms with Gasteiger partial charge in [0.15, 0.2) is 5.82 Å². The third-order valence-corrected chi connectivity index (χ3v) is 4.20. The second-order valence-electron chi connectivity index (χ2n) is 7.52. The van der Waals surface area contributed by atoms with Crippen LogP contribution in [0.5, 0.6) is 0 Å². The number of benzene rings is 1. The minimum absolute atomic E-state index is 0.418. The summed E-state index contributed by atoms with van der Waals surface area (Å²) in [6.45, 7) is 14.1. The molecule has 0 atom stereocenters. The molecule has 0 saturated carbocycles. The lowest BCUT2D eigenvalue weighted by molar-refractivity contribution is 0.606. The molecule has 2 rings (SSSR count). The van der Waals surface area contributed by atoms with Crippen LogP contribution in [0.1, 0.15) is 70.9 Å². The Kier molecular flexibility index (Phi) is 6.73. The summed E-state index contributed by atoms with van der Waals surface area (Å²) in [6, 6.07) is 6.45. The van der Waals surface area contributed by atoms with Crippen LogP contribution in [0.3, 0.4) is 0 Å². The Bertz CT molecular complexity index is 653. The van der Waals surface area contributed by atoms with E-state index >= 15 is 0 Å². The fraction of sp³-hybridized carbons (Fsp3) is 0.550. The number of nitrogens with one attached hydrogen (secondary N) is 2. The van der Waals surface area contributed by atoms with E-state index in [1.807, 2.05) is 0 Å². The highest BCUT2D eigenvalue weighted by Gasteiger charge is 2.15. The largest absolute Gasteiger partial charge is 0.369 e. The van der Waals surface area contributed by atoms with Gasteiger partial charge in [0.2, 0.25) is 5.95 Å². The standard InChI is InChI=1S/C20H31N5/c1-13(2)10-11-21-18-12-22-25-20(23-18)24-19-16(14(3)4)8-7-9-17(19)15(5)6/h7-9,12-15H,10-11H2,1-6H3,(H2,21,23,24,25). The van der Waals surface area contributed by atoms with Crippen molar-refractivity contribution in [2.75, 3.05) is 17.2 Å². The summed E-state index contributed by atoms with van der Waals surface area (Å²) in [7, 11) is 0. The van der Waals surface area contributed by atoms with Crippen LogP contribution in [-0.2, 0) is 0 Å². The molecular weight excluding hydrogens is 310 g/mol. The van der Waals surface area contributed by atoms with Crippen molar-refractivity contribution >= 4 is 17.5 Å². The molecule has 5 nitrogen and oxygen atoms in total. The van der Waals surface area contributed by atoms with E-state index < -0.39 is 0 Å². The second-order valence-corrected chi connectivity index (χ2v) is 7.52. The molecule has 0 radical (unpaired) electrons. The van der Waals surface area contributed by atoms with Crippen LogP contribution in [-0.4, -0.2) is 21.7 Å². The quantitative estimate of drug-likeness (QED) is 0.680. The van der Waals surface area contributed by atoms with Crippen molar-refractivity contribution in [1.29, 1.82) is 0 Å². The van der Waals surface area contributed by atoms with E-state index in [2.05, 4.69) is 85.6 Å². The summed E-state index contributed by atoms with van der Waals surface area (Å²) >= 11 is 0. The maximum absolute atomic E-state index is 4.57. The van der Waals surface area contributed by atoms with Gasteiger partial charge < -0.3 is 10.6 Å². The molecule has 0 bridgehead atoms. The fourth-order valence-electron chi connectivity index (χ4n) is 2.74. The monoisotopic (exact) mass is 341 g/mol. The lowest BCUT2D eigenvalue weighted by Crippen LogP contribution is -2.10. The van der Waals surface area contributed by atoms with Crippen LogP contribution in [0.15, 0.2) is 24.4 Å². The number of rotatable bonds is 8. The Morgan fingerprint density at radius 2 is 1.60 bits per heavy atom. The highest BCUT2D eigenvalue weighted by atomic mass is 15.3. The average Bonchev–Trinajstić information content (AvgIpc) is 2.54. The predicted octanol–water partition coefficient (Wildman–Crippen LogP) is 5.32. The first-order valence-corrected chi connectivity index (χ1v) is 9.21. The number of hydrogen-bond acceptors (Lipinski definition) is 5. The molecule has 2 aromatic rings. The third kappa shape index (κ3) is 5.41. The van der Waals surface area contributed by atoms with E-state index in [1.54, 1.807) is 6.20 Å². The molecule has 1 aromatic carbocycles. The molecule has 0 fully saturated rings. The third-order valence-electron chi connectivity index (χ3n) is 4.20. The maximum Gasteiger partial charge on any atom is 0.249 e. The van der Waals surface area contributed by atoms with Gasteiger partial charge in [0.25, 0.3) is 0 Å². The van der Waals surface area contributed by atoms with E-state index in [0.29, 0.717) is 23.7 Å². The number of para-hydroxylation sites is 1. The van der Waals surface area contributed by atoms with Crippen molar-refractivity contribution in [3.05, 3.63) is 35.5 Å². The van der Waals surface area contributed by atoms with Crippen molar-refractivity contribution in [3.63, 3.8) is 0 Å². The average molecular weight is 342 g/mol. The van der Waals surface area contributed by atoms with Crippen molar-refractivity contribution < 1.29 is 0 Å². The van der Waals surface area contributed by atoms with Crippen LogP contribution in [0.2, 0.25) is 0 Å². The van der Waals surface area contributed by atoms with Gasteiger partial charge in [0.05, 0.1) is 6.20 Å². The molecule has 0 aliphatic carbocycles. The van der Waals surface area contributed by atoms with Crippen LogP contribution in [0, 0.1) is 5.92 Å². The van der Waals surface area contributed by atoms with Crippen LogP contribution in [0.4, 0.5) is 17.5 Å². The van der Waals surface area contributed by atoms with E-state index in [-0.39, 0.29) is 0 Å². The molecule has 5 heteroatoms. The fourth-order valence-corrected chi connectivity index (χ4v) is 2.74. The van der Waals surface area contributed by atoms with Gasteiger partial charge in [-0.25, -0.2) is 0 Å². The molecule has 0 amide bonds. The zero-order valence-corrected chi connectivity index (χ0v) is 16.3. The Labute approximate surface area is 151 Å². The Balaban J connectivity index is 2.24. The van der Waals surface area contributed by atoms with Crippen molar-refractivity contribution in [1.82, 2.24) is 15.2 Å². The molecule has 0 aliphatic heterocycles. The molecule has 136 valence electrons. The summed E-state index contributed by atoms with van der Waals surface area (Å²) in [5.41, 5.74) is 3.65. The lowest BCUT2D eigenvalue weighted by Gasteiger charge is -2.20. The van der Waals surface area contributed by atoms with E-state index in [4.69, 9.17) is 0 Å². The van der Waals surface area contributed by atoms with Crippen molar-refractivity contribution in [3.8, 4) is 0 Å². The molecule has 25 heavy (non-hydrogen) atoms. The van der Waals surface area contributed by atoms with Gasteiger partial charge in [-0.05, 0) is 35.3 Å². The van der Waals surface area contributed by atoms with Gasteiger partial charge in [0.1, 0.15) is 0 Å². The van der Waals surface area contributed by atoms with Crippen LogP contribution < -0.4 is 10.6 Å². The van der Waals surface area contributed by atoms with Gasteiger partial charge >= 0.3 is 0 Å². The molecule has 1 aromatic heterocycles. The molecule has 2 N–H and O–H groups in total. The lowest BCUT2D eigenvalue weighted by atomic mass is 9.93. The molecule has 1 heterocycles. The molecule has 0 spiro atoms. The number of aromatic nitrogens is 3. The first kappa shape index (κ1) is 19.2. The first-order chi connectivity index (χ1) is 11.9. The van der Waals surface area contributed by atoms with Gasteiger partial charge in [-0.1, -0.05) is 59.7 Å². The SMILES string of the molecule is CC(C)CCNc1cnnc(Nc2c(C(C)C)cccc2C(C)C)n1. The summed E-state index contributed by atoms with van der Waals surface area (Å²) < 4.78 is 0. The highest BCUT2D eigenvalue weighted by molar-refractivity contribution is 5.65. The van der Waals surface area contributed by atoms with Gasteiger partial charge in [0, 0.05) is 12.2 Å². The Morgan fingerprint density at radius 1 is 0.960 bits per heavy atom. The Morgan fingerprint density at radius 3 is 2.16 bits per heavy atom. The molecule has 0 unspecified atom stereocenters. The zero-order chi connectivity index (χ0) is 18.4. The van der Waals surface area contributed by atoms with Gasteiger partial charge in [-0.2, -0.15) is 10.1 Å². The topological polar surface area (TPSA) is 62.7 Å². The summed E-state index contributed by atoms with van der Waals surface area (Å²) in [6.07, 6.45) is 2.77. The van der Waals surface area contributed by atoms with E-state index in [9.17, 15) is 0 Å². The first-order valence-electron chi connectivity index (χ1n) is 9.21. The minimum atomic E-state index is 0.418. The summed E-state index contributed by atoms with van der Waals surface area (Å²) in [4.78, 5) is 4.57. The van der Waals surface area contributed by atoms with Crippen LogP contribution in [0.25, 0.3) is 0 Å². The molecular formula is C20H31N5. The van der Waals surface area contributed by atoms with Gasteiger partial charge in [-0.15, -0.1) is 5.10 Å². The maximum atomic E-state index is 4.57. The van der Waals surface area contributed by atoms with Crippen molar-refractivity contribution in [2.45, 2.75) is 59.8 Å². The zero-order valence-electron chi connectivity index (χ0n) is 16.3. The normalized spacial score (nSPS) is 11.4. The van der Waals surface area contributed by atoms with Crippen molar-refractivity contribution in [2.24, 2.45) is 5.92 Å². The number of hydrogen-bond donors (Lipinski definition) is 2. The minimum Gasteiger partial charge on any atom is -0.369 e. The summed E-state index contributed by atoms with van der Waals surface area (Å²) in [5, 5.41) is 15.0. The molecule has 0 saturated heterocycles. The number of anilines is 3. The summed E-state index contributed by atoms with van der Waals surface area (Å²) in [5.74, 6) is 2.78. The van der Waals surface area contributed by atoms with E-state index in [0.717, 1.165) is 24.5 Å². The van der Waals surface area contributed by atoms with Gasteiger partial charge in [-0.3, -0.25) is 0 Å². The van der Waals surface area contributed by atoms with E-state index in [1.165, 1.54) is 11.1 Å². The smallest absolute Gasteiger partial charge is 0.249 e. The number of nitrogens with zero attached hydrogens (tertiary/aromatic N) is 3. The molecule has 0 aliphatic rings. The predicted molar refractivity (Wildman–Crippen MR) is 106 cm³/mol. The second kappa shape index (κ2) is 8.79.